The van der Waals surface area contributed by atoms with Gasteiger partial charge in [-0.3, -0.25) is 0 Å². The topological polar surface area (TPSA) is 3.24 Å². The molecule has 4 bridgehead atoms. The molecule has 0 saturated heterocycles. The molecule has 5 aliphatic rings. The van der Waals surface area contributed by atoms with Crippen molar-refractivity contribution < 1.29 is 0 Å². The highest BCUT2D eigenvalue weighted by Gasteiger charge is 2.51. The second-order valence-corrected chi connectivity index (χ2v) is 20.6. The van der Waals surface area contributed by atoms with Gasteiger partial charge in [-0.1, -0.05) is 147 Å². The third-order valence-electron chi connectivity index (χ3n) is 15.6. The highest BCUT2D eigenvalue weighted by atomic mass is 32.1. The summed E-state index contributed by atoms with van der Waals surface area (Å²) >= 11 is 1.96. The van der Waals surface area contributed by atoms with E-state index in [9.17, 15) is 0 Å². The summed E-state index contributed by atoms with van der Waals surface area (Å²) in [5.74, 6) is 2.81. The van der Waals surface area contributed by atoms with Crippen LogP contribution in [0.15, 0.2) is 170 Å². The van der Waals surface area contributed by atoms with Crippen molar-refractivity contribution in [2.45, 2.75) is 63.2 Å². The molecule has 0 atom stereocenters. The van der Waals surface area contributed by atoms with E-state index >= 15 is 0 Å². The van der Waals surface area contributed by atoms with E-state index in [1.807, 2.05) is 11.3 Å². The number of nitrogens with zero attached hydrogens (tertiary/aromatic N) is 1. The molecule has 2 heteroatoms. The maximum Gasteiger partial charge on any atom is 0.0543 e. The van der Waals surface area contributed by atoms with Gasteiger partial charge in [0.1, 0.15) is 0 Å². The van der Waals surface area contributed by atoms with Crippen LogP contribution in [0, 0.1) is 17.8 Å². The lowest BCUT2D eigenvalue weighted by molar-refractivity contribution is -0.00512. The predicted molar refractivity (Wildman–Crippen MR) is 260 cm³/mol. The quantitative estimate of drug-likeness (QED) is 0.162. The average Bonchev–Trinajstić information content (AvgIpc) is 3.77. The second-order valence-electron chi connectivity index (χ2n) is 19.5. The molecule has 0 aliphatic heterocycles. The van der Waals surface area contributed by atoms with Crippen molar-refractivity contribution in [3.05, 3.63) is 187 Å². The van der Waals surface area contributed by atoms with Gasteiger partial charge < -0.3 is 4.90 Å². The van der Waals surface area contributed by atoms with Gasteiger partial charge in [0.2, 0.25) is 0 Å². The number of rotatable bonds is 6. The van der Waals surface area contributed by atoms with E-state index in [4.69, 9.17) is 0 Å². The summed E-state index contributed by atoms with van der Waals surface area (Å²) in [4.78, 5) is 2.58. The Morgan fingerprint density at radius 1 is 0.492 bits per heavy atom. The van der Waals surface area contributed by atoms with E-state index in [1.54, 1.807) is 5.56 Å². The second kappa shape index (κ2) is 13.3. The molecule has 0 spiro atoms. The molecule has 4 saturated carbocycles. The Kier molecular flexibility index (Phi) is 7.78. The number of fused-ring (bicyclic) bond motifs is 7. The molecule has 296 valence electrons. The van der Waals surface area contributed by atoms with Crippen LogP contribution in [0.25, 0.3) is 64.3 Å². The van der Waals surface area contributed by atoms with Gasteiger partial charge in [0, 0.05) is 42.4 Å². The van der Waals surface area contributed by atoms with E-state index in [2.05, 4.69) is 189 Å². The average molecular weight is 804 g/mol. The Morgan fingerprint density at radius 3 is 1.92 bits per heavy atom. The summed E-state index contributed by atoms with van der Waals surface area (Å²) in [6.45, 7) is 4.78. The number of hydrogen-bond donors (Lipinski definition) is 0. The number of para-hydroxylation sites is 1. The standard InChI is InChI=1S/C59H49NS/c1-58(2)50-21-8-6-18-48(50)57-51(58)22-12-24-53(57)60(52-23-9-7-17-45(52)47-20-11-16-41-15-10-19-44(56(41)47)40-13-4-3-5-14-40)43-26-27-46-49-32-42(25-28-54(49)61-55(46)33-43)59-34-37-29-38(35-59)31-39(30-37)36-59/h3-28,32-33,37-39H,29-31,34-36H2,1-2H3. The highest BCUT2D eigenvalue weighted by molar-refractivity contribution is 7.25. The lowest BCUT2D eigenvalue weighted by Crippen LogP contribution is -2.48. The lowest BCUT2D eigenvalue weighted by Gasteiger charge is -2.57. The van der Waals surface area contributed by atoms with Gasteiger partial charge in [0.25, 0.3) is 0 Å². The Bertz CT molecular complexity index is 3180. The van der Waals surface area contributed by atoms with Gasteiger partial charge in [-0.25, -0.2) is 0 Å². The van der Waals surface area contributed by atoms with Crippen molar-refractivity contribution >= 4 is 59.3 Å². The van der Waals surface area contributed by atoms with Crippen LogP contribution in [0.5, 0.6) is 0 Å². The molecule has 1 heterocycles. The largest absolute Gasteiger partial charge is 0.309 e. The van der Waals surface area contributed by atoms with Crippen LogP contribution < -0.4 is 4.90 Å². The molecular formula is C59H49NS. The minimum Gasteiger partial charge on any atom is -0.309 e. The Balaban J connectivity index is 1.03. The van der Waals surface area contributed by atoms with E-state index in [1.165, 1.54) is 131 Å². The molecule has 9 aromatic rings. The molecule has 0 N–H and O–H groups in total. The fourth-order valence-electron chi connectivity index (χ4n) is 13.3. The molecule has 1 aromatic heterocycles. The van der Waals surface area contributed by atoms with Gasteiger partial charge in [-0.05, 0) is 148 Å². The van der Waals surface area contributed by atoms with Gasteiger partial charge in [-0.15, -0.1) is 11.3 Å². The Hall–Kier alpha value is -5.96. The smallest absolute Gasteiger partial charge is 0.0543 e. The molecular weight excluding hydrogens is 755 g/mol. The molecule has 0 radical (unpaired) electrons. The summed E-state index contributed by atoms with van der Waals surface area (Å²) in [7, 11) is 0. The normalized spacial score (nSPS) is 21.9. The van der Waals surface area contributed by atoms with Gasteiger partial charge in [0.15, 0.2) is 0 Å². The van der Waals surface area contributed by atoms with Gasteiger partial charge >= 0.3 is 0 Å². The van der Waals surface area contributed by atoms with Crippen LogP contribution >= 0.6 is 11.3 Å². The first kappa shape index (κ1) is 35.8. The fraction of sp³-hybridized carbons (Fsp3) is 0.220. The third kappa shape index (κ3) is 5.37. The summed E-state index contributed by atoms with van der Waals surface area (Å²) in [6, 6.07) is 64.6. The number of hydrogen-bond acceptors (Lipinski definition) is 2. The first-order valence-corrected chi connectivity index (χ1v) is 23.4. The van der Waals surface area contributed by atoms with E-state index in [0.717, 1.165) is 17.8 Å². The van der Waals surface area contributed by atoms with Crippen LogP contribution in [0.1, 0.15) is 69.1 Å². The fourth-order valence-corrected chi connectivity index (χ4v) is 14.5. The van der Waals surface area contributed by atoms with Crippen molar-refractivity contribution in [1.29, 1.82) is 0 Å². The molecule has 1 nitrogen and oxygen atoms in total. The summed E-state index contributed by atoms with van der Waals surface area (Å²) in [5.41, 5.74) is 15.9. The van der Waals surface area contributed by atoms with Crippen LogP contribution in [-0.4, -0.2) is 0 Å². The number of thiophene rings is 1. The lowest BCUT2D eigenvalue weighted by atomic mass is 9.48. The zero-order valence-electron chi connectivity index (χ0n) is 35.0. The SMILES string of the molecule is CC1(C)c2ccccc2-c2c(N(c3ccc4c(c3)sc3ccc(C56CC7CC(CC(C7)C5)C6)cc34)c3ccccc3-c3cccc4cccc(-c5ccccc5)c34)cccc21. The molecule has 0 unspecified atom stereocenters. The number of anilines is 3. The van der Waals surface area contributed by atoms with Crippen molar-refractivity contribution in [2.75, 3.05) is 4.90 Å². The monoisotopic (exact) mass is 803 g/mol. The Labute approximate surface area is 363 Å². The van der Waals surface area contributed by atoms with Crippen LogP contribution in [0.2, 0.25) is 0 Å². The summed E-state index contributed by atoms with van der Waals surface area (Å²) < 4.78 is 2.75. The van der Waals surface area contributed by atoms with Crippen molar-refractivity contribution in [1.82, 2.24) is 0 Å². The summed E-state index contributed by atoms with van der Waals surface area (Å²) in [5, 5.41) is 5.35. The summed E-state index contributed by atoms with van der Waals surface area (Å²) in [6.07, 6.45) is 8.64. The zero-order chi connectivity index (χ0) is 40.5. The molecule has 5 aliphatic carbocycles. The third-order valence-corrected chi connectivity index (χ3v) is 16.7. The Morgan fingerprint density at radius 2 is 1.13 bits per heavy atom. The molecule has 0 amide bonds. The zero-order valence-corrected chi connectivity index (χ0v) is 35.8. The van der Waals surface area contributed by atoms with Gasteiger partial charge in [0.05, 0.1) is 11.4 Å². The van der Waals surface area contributed by atoms with E-state index < -0.39 is 0 Å². The van der Waals surface area contributed by atoms with Crippen molar-refractivity contribution in [3.8, 4) is 33.4 Å². The maximum atomic E-state index is 2.63. The first-order valence-electron chi connectivity index (χ1n) is 22.6. The molecule has 61 heavy (non-hydrogen) atoms. The molecule has 14 rings (SSSR count). The van der Waals surface area contributed by atoms with E-state index in [0.29, 0.717) is 5.41 Å². The van der Waals surface area contributed by atoms with Crippen LogP contribution in [0.3, 0.4) is 0 Å². The maximum absolute atomic E-state index is 2.63. The number of benzene rings is 8. The van der Waals surface area contributed by atoms with Crippen molar-refractivity contribution in [3.63, 3.8) is 0 Å². The van der Waals surface area contributed by atoms with Crippen LogP contribution in [0.4, 0.5) is 17.1 Å². The van der Waals surface area contributed by atoms with Crippen molar-refractivity contribution in [2.24, 2.45) is 17.8 Å². The first-order chi connectivity index (χ1) is 29.9. The van der Waals surface area contributed by atoms with Gasteiger partial charge in [-0.2, -0.15) is 0 Å². The molecule has 4 fully saturated rings. The minimum absolute atomic E-state index is 0.114. The van der Waals surface area contributed by atoms with E-state index in [-0.39, 0.29) is 5.41 Å². The van der Waals surface area contributed by atoms with Crippen LogP contribution in [-0.2, 0) is 10.8 Å². The minimum atomic E-state index is -0.114. The molecule has 8 aromatic carbocycles. The predicted octanol–water partition coefficient (Wildman–Crippen LogP) is 16.8. The highest BCUT2D eigenvalue weighted by Crippen LogP contribution is 2.61.